The van der Waals surface area contributed by atoms with Crippen molar-refractivity contribution in [3.8, 4) is 5.75 Å². The molecular weight excluding hydrogens is 278 g/mol. The summed E-state index contributed by atoms with van der Waals surface area (Å²) in [4.78, 5) is 15.5. The van der Waals surface area contributed by atoms with E-state index in [1.165, 1.54) is 0 Å². The molecule has 0 atom stereocenters. The Morgan fingerprint density at radius 1 is 1.40 bits per heavy atom. The molecule has 6 heteroatoms. The summed E-state index contributed by atoms with van der Waals surface area (Å²) in [6, 6.07) is 9.17. The number of hydrogen-bond donors (Lipinski definition) is 2. The van der Waals surface area contributed by atoms with Crippen molar-refractivity contribution in [2.24, 2.45) is 0 Å². The average Bonchev–Trinajstić information content (AvgIpc) is 2.46. The lowest BCUT2D eigenvalue weighted by molar-refractivity contribution is -0.118. The Hall–Kier alpha value is -2.27. The van der Waals surface area contributed by atoms with Gasteiger partial charge in [-0.25, -0.2) is 0 Å². The summed E-state index contributed by atoms with van der Waals surface area (Å²) in [5.74, 6) is 0.431. The molecule has 0 bridgehead atoms. The van der Waals surface area contributed by atoms with Gasteiger partial charge in [0.15, 0.2) is 6.61 Å². The Morgan fingerprint density at radius 3 is 3.10 bits per heavy atom. The lowest BCUT2D eigenvalue weighted by Crippen LogP contribution is -2.25. The van der Waals surface area contributed by atoms with Crippen LogP contribution < -0.4 is 15.4 Å². The summed E-state index contributed by atoms with van der Waals surface area (Å²) in [7, 11) is 0. The van der Waals surface area contributed by atoms with Crippen LogP contribution in [-0.2, 0) is 11.3 Å². The molecule has 0 radical (unpaired) electrons. The van der Waals surface area contributed by atoms with Crippen LogP contribution >= 0.6 is 11.6 Å². The number of fused-ring (bicyclic) bond motifs is 1. The zero-order valence-corrected chi connectivity index (χ0v) is 11.3. The average molecular weight is 290 g/mol. The molecule has 2 heterocycles. The minimum absolute atomic E-state index is 0.0221. The van der Waals surface area contributed by atoms with Crippen molar-refractivity contribution >= 4 is 28.9 Å². The number of halogens is 1. The van der Waals surface area contributed by atoms with E-state index in [0.717, 1.165) is 11.4 Å². The third-order valence-corrected chi connectivity index (χ3v) is 3.20. The van der Waals surface area contributed by atoms with Crippen molar-refractivity contribution in [1.29, 1.82) is 0 Å². The molecular formula is C14H12ClN3O2. The van der Waals surface area contributed by atoms with Crippen molar-refractivity contribution in [2.45, 2.75) is 6.54 Å². The first-order valence-corrected chi connectivity index (χ1v) is 6.50. The molecule has 1 aromatic heterocycles. The lowest BCUT2D eigenvalue weighted by atomic mass is 10.2. The minimum atomic E-state index is -0.178. The molecule has 102 valence electrons. The quantitative estimate of drug-likeness (QED) is 0.912. The van der Waals surface area contributed by atoms with E-state index in [0.29, 0.717) is 23.0 Å². The first-order valence-electron chi connectivity index (χ1n) is 6.12. The van der Waals surface area contributed by atoms with Crippen LogP contribution in [-0.4, -0.2) is 17.5 Å². The van der Waals surface area contributed by atoms with E-state index in [4.69, 9.17) is 16.3 Å². The van der Waals surface area contributed by atoms with Crippen LogP contribution in [0.1, 0.15) is 5.69 Å². The minimum Gasteiger partial charge on any atom is -0.482 e. The van der Waals surface area contributed by atoms with Crippen LogP contribution in [0, 0.1) is 0 Å². The predicted octanol–water partition coefficient (Wildman–Crippen LogP) is 2.68. The van der Waals surface area contributed by atoms with Crippen LogP contribution in [0.15, 0.2) is 36.5 Å². The normalized spacial score (nSPS) is 13.2. The number of hydrogen-bond acceptors (Lipinski definition) is 4. The van der Waals surface area contributed by atoms with E-state index < -0.39 is 0 Å². The first kappa shape index (κ1) is 12.7. The third-order valence-electron chi connectivity index (χ3n) is 2.89. The Balaban J connectivity index is 1.79. The second-order valence-electron chi connectivity index (χ2n) is 4.34. The fraction of sp³-hybridized carbons (Fsp3) is 0.143. The number of pyridine rings is 1. The molecule has 3 rings (SSSR count). The van der Waals surface area contributed by atoms with Gasteiger partial charge in [0, 0.05) is 12.3 Å². The van der Waals surface area contributed by atoms with Gasteiger partial charge in [-0.15, -0.1) is 0 Å². The molecule has 0 saturated carbocycles. The molecule has 0 fully saturated rings. The van der Waals surface area contributed by atoms with Crippen LogP contribution in [0.25, 0.3) is 0 Å². The van der Waals surface area contributed by atoms with Gasteiger partial charge in [-0.3, -0.25) is 9.78 Å². The highest BCUT2D eigenvalue weighted by molar-refractivity contribution is 6.33. The van der Waals surface area contributed by atoms with Gasteiger partial charge in [0.05, 0.1) is 28.6 Å². The van der Waals surface area contributed by atoms with Crippen LogP contribution in [0.3, 0.4) is 0 Å². The second-order valence-corrected chi connectivity index (χ2v) is 4.75. The molecule has 1 amide bonds. The van der Waals surface area contributed by atoms with Crippen molar-refractivity contribution in [1.82, 2.24) is 4.98 Å². The number of anilines is 2. The Kier molecular flexibility index (Phi) is 3.43. The number of carbonyl (C=O) groups is 1. The summed E-state index contributed by atoms with van der Waals surface area (Å²) in [6.07, 6.45) is 1.74. The monoisotopic (exact) mass is 289 g/mol. The van der Waals surface area contributed by atoms with Gasteiger partial charge in [-0.2, -0.15) is 0 Å². The van der Waals surface area contributed by atoms with Crippen molar-refractivity contribution in [3.63, 3.8) is 0 Å². The Bertz CT molecular complexity index is 646. The Morgan fingerprint density at radius 2 is 2.30 bits per heavy atom. The van der Waals surface area contributed by atoms with Gasteiger partial charge in [-0.1, -0.05) is 17.7 Å². The smallest absolute Gasteiger partial charge is 0.262 e. The summed E-state index contributed by atoms with van der Waals surface area (Å²) in [5.41, 5.74) is 2.25. The lowest BCUT2D eigenvalue weighted by Gasteiger charge is -2.19. The predicted molar refractivity (Wildman–Crippen MR) is 77.1 cm³/mol. The largest absolute Gasteiger partial charge is 0.482 e. The molecule has 2 aromatic rings. The van der Waals surface area contributed by atoms with Gasteiger partial charge >= 0.3 is 0 Å². The molecule has 0 unspecified atom stereocenters. The standard InChI is InChI=1S/C14H12ClN3O2/c15-10-5-12-13(20-8-14(19)18-12)6-11(10)17-7-9-3-1-2-4-16-9/h1-6,17H,7-8H2,(H,18,19). The highest BCUT2D eigenvalue weighted by Gasteiger charge is 2.18. The number of aromatic nitrogens is 1. The SMILES string of the molecule is O=C1COc2cc(NCc3ccccn3)c(Cl)cc2N1. The molecule has 0 aliphatic carbocycles. The van der Waals surface area contributed by atoms with E-state index in [1.54, 1.807) is 18.3 Å². The molecule has 1 aliphatic rings. The van der Waals surface area contributed by atoms with Crippen LogP contribution in [0.4, 0.5) is 11.4 Å². The Labute approximate surface area is 120 Å². The fourth-order valence-corrected chi connectivity index (χ4v) is 2.15. The van der Waals surface area contributed by atoms with Gasteiger partial charge in [0.1, 0.15) is 5.75 Å². The maximum atomic E-state index is 11.2. The van der Waals surface area contributed by atoms with Gasteiger partial charge < -0.3 is 15.4 Å². The molecule has 0 spiro atoms. The molecule has 5 nitrogen and oxygen atoms in total. The summed E-state index contributed by atoms with van der Waals surface area (Å²) in [5, 5.41) is 6.44. The highest BCUT2D eigenvalue weighted by Crippen LogP contribution is 2.36. The topological polar surface area (TPSA) is 63.2 Å². The first-order chi connectivity index (χ1) is 9.72. The number of rotatable bonds is 3. The van der Waals surface area contributed by atoms with E-state index in [-0.39, 0.29) is 12.5 Å². The van der Waals surface area contributed by atoms with Gasteiger partial charge in [-0.05, 0) is 18.2 Å². The molecule has 1 aliphatic heterocycles. The zero-order chi connectivity index (χ0) is 13.9. The molecule has 0 saturated heterocycles. The summed E-state index contributed by atoms with van der Waals surface area (Å²) >= 11 is 6.19. The molecule has 1 aromatic carbocycles. The third kappa shape index (κ3) is 2.67. The van der Waals surface area contributed by atoms with Crippen LogP contribution in [0.2, 0.25) is 5.02 Å². The van der Waals surface area contributed by atoms with Crippen LogP contribution in [0.5, 0.6) is 5.75 Å². The highest BCUT2D eigenvalue weighted by atomic mass is 35.5. The number of nitrogens with one attached hydrogen (secondary N) is 2. The number of amides is 1. The second kappa shape index (κ2) is 5.38. The van der Waals surface area contributed by atoms with Crippen molar-refractivity contribution in [3.05, 3.63) is 47.2 Å². The summed E-state index contributed by atoms with van der Waals surface area (Å²) in [6.45, 7) is 0.583. The van der Waals surface area contributed by atoms with E-state index >= 15 is 0 Å². The van der Waals surface area contributed by atoms with Gasteiger partial charge in [0.2, 0.25) is 0 Å². The van der Waals surface area contributed by atoms with E-state index in [2.05, 4.69) is 15.6 Å². The summed E-state index contributed by atoms with van der Waals surface area (Å²) < 4.78 is 5.36. The fourth-order valence-electron chi connectivity index (χ4n) is 1.92. The number of carbonyl (C=O) groups excluding carboxylic acids is 1. The van der Waals surface area contributed by atoms with E-state index in [1.807, 2.05) is 18.2 Å². The molecule has 2 N–H and O–H groups in total. The maximum Gasteiger partial charge on any atom is 0.262 e. The van der Waals surface area contributed by atoms with E-state index in [9.17, 15) is 4.79 Å². The number of ether oxygens (including phenoxy) is 1. The van der Waals surface area contributed by atoms with Crippen molar-refractivity contribution < 1.29 is 9.53 Å². The number of nitrogens with zero attached hydrogens (tertiary/aromatic N) is 1. The zero-order valence-electron chi connectivity index (χ0n) is 10.5. The molecule has 20 heavy (non-hydrogen) atoms. The van der Waals surface area contributed by atoms with Crippen molar-refractivity contribution in [2.75, 3.05) is 17.2 Å². The number of benzene rings is 1. The van der Waals surface area contributed by atoms with Gasteiger partial charge in [0.25, 0.3) is 5.91 Å². The maximum absolute atomic E-state index is 11.2.